The maximum absolute atomic E-state index is 5.22. The van der Waals surface area contributed by atoms with Gasteiger partial charge in [0.1, 0.15) is 0 Å². The summed E-state index contributed by atoms with van der Waals surface area (Å²) in [6, 6.07) is 8.39. The predicted molar refractivity (Wildman–Crippen MR) is 74.8 cm³/mol. The fourth-order valence-electron chi connectivity index (χ4n) is 1.79. The van der Waals surface area contributed by atoms with Gasteiger partial charge in [0.25, 0.3) is 0 Å². The van der Waals surface area contributed by atoms with Gasteiger partial charge in [0.2, 0.25) is 5.89 Å². The molecule has 1 aromatic carbocycles. The molecule has 1 heterocycles. The molecule has 1 N–H and O–H groups in total. The van der Waals surface area contributed by atoms with Crippen LogP contribution in [0.1, 0.15) is 36.7 Å². The molecule has 0 aliphatic carbocycles. The number of benzene rings is 1. The highest BCUT2D eigenvalue weighted by molar-refractivity contribution is 5.23. The highest BCUT2D eigenvalue weighted by atomic mass is 16.5. The number of rotatable bonds is 6. The smallest absolute Gasteiger partial charge is 0.240 e. The molecule has 0 radical (unpaired) electrons. The van der Waals surface area contributed by atoms with E-state index >= 15 is 0 Å². The van der Waals surface area contributed by atoms with Gasteiger partial charge in [-0.05, 0) is 24.9 Å². The highest BCUT2D eigenvalue weighted by Gasteiger charge is 2.07. The largest absolute Gasteiger partial charge is 0.338 e. The molecular formula is C15H21N3O. The SMILES string of the molecule is Cc1ccc(Cc2noc(CNCC(C)C)n2)cc1. The van der Waals surface area contributed by atoms with Gasteiger partial charge in [-0.15, -0.1) is 0 Å². The van der Waals surface area contributed by atoms with Crippen LogP contribution in [0, 0.1) is 12.8 Å². The van der Waals surface area contributed by atoms with Crippen LogP contribution in [0.15, 0.2) is 28.8 Å². The number of aromatic nitrogens is 2. The summed E-state index contributed by atoms with van der Waals surface area (Å²) in [6.45, 7) is 8.01. The quantitative estimate of drug-likeness (QED) is 0.866. The zero-order valence-electron chi connectivity index (χ0n) is 11.8. The van der Waals surface area contributed by atoms with Crippen molar-refractivity contribution in [3.8, 4) is 0 Å². The van der Waals surface area contributed by atoms with Crippen molar-refractivity contribution < 1.29 is 4.52 Å². The van der Waals surface area contributed by atoms with Gasteiger partial charge in [0.05, 0.1) is 6.54 Å². The molecule has 2 rings (SSSR count). The standard InChI is InChI=1S/C15H21N3O/c1-11(2)9-16-10-15-17-14(18-19-15)8-13-6-4-12(3)5-7-13/h4-7,11,16H,8-10H2,1-3H3. The Morgan fingerprint density at radius 1 is 1.21 bits per heavy atom. The summed E-state index contributed by atoms with van der Waals surface area (Å²) in [5.74, 6) is 2.02. The van der Waals surface area contributed by atoms with Crippen molar-refractivity contribution >= 4 is 0 Å². The molecule has 0 saturated heterocycles. The predicted octanol–water partition coefficient (Wildman–Crippen LogP) is 2.71. The van der Waals surface area contributed by atoms with Gasteiger partial charge in [0, 0.05) is 6.42 Å². The Bertz CT molecular complexity index is 502. The molecule has 1 aromatic heterocycles. The topological polar surface area (TPSA) is 51.0 Å². The van der Waals surface area contributed by atoms with Crippen LogP contribution in [0.5, 0.6) is 0 Å². The Labute approximate surface area is 114 Å². The molecule has 0 aliphatic heterocycles. The Hall–Kier alpha value is -1.68. The Balaban J connectivity index is 1.88. The molecule has 0 fully saturated rings. The Morgan fingerprint density at radius 2 is 1.95 bits per heavy atom. The van der Waals surface area contributed by atoms with Crippen molar-refractivity contribution in [2.75, 3.05) is 6.54 Å². The van der Waals surface area contributed by atoms with Crippen molar-refractivity contribution in [3.63, 3.8) is 0 Å². The first-order valence-corrected chi connectivity index (χ1v) is 6.71. The molecule has 0 bridgehead atoms. The fourth-order valence-corrected chi connectivity index (χ4v) is 1.79. The summed E-state index contributed by atoms with van der Waals surface area (Å²) < 4.78 is 5.22. The van der Waals surface area contributed by atoms with Crippen molar-refractivity contribution in [3.05, 3.63) is 47.1 Å². The molecule has 0 spiro atoms. The summed E-state index contributed by atoms with van der Waals surface area (Å²) in [7, 11) is 0. The van der Waals surface area contributed by atoms with Gasteiger partial charge in [-0.2, -0.15) is 4.98 Å². The molecule has 4 heteroatoms. The third-order valence-corrected chi connectivity index (χ3v) is 2.82. The number of nitrogens with zero attached hydrogens (tertiary/aromatic N) is 2. The van der Waals surface area contributed by atoms with E-state index in [0.717, 1.165) is 12.4 Å². The van der Waals surface area contributed by atoms with Gasteiger partial charge >= 0.3 is 0 Å². The normalized spacial score (nSPS) is 11.2. The van der Waals surface area contributed by atoms with E-state index in [1.165, 1.54) is 11.1 Å². The molecular weight excluding hydrogens is 238 g/mol. The van der Waals surface area contributed by atoms with E-state index in [1.807, 2.05) is 0 Å². The monoisotopic (exact) mass is 259 g/mol. The number of aryl methyl sites for hydroxylation is 1. The third-order valence-electron chi connectivity index (χ3n) is 2.82. The van der Waals surface area contributed by atoms with Crippen molar-refractivity contribution in [1.29, 1.82) is 0 Å². The zero-order chi connectivity index (χ0) is 13.7. The summed E-state index contributed by atoms with van der Waals surface area (Å²) in [4.78, 5) is 4.38. The second-order valence-electron chi connectivity index (χ2n) is 5.29. The van der Waals surface area contributed by atoms with Crippen molar-refractivity contribution in [1.82, 2.24) is 15.5 Å². The van der Waals surface area contributed by atoms with Crippen molar-refractivity contribution in [2.45, 2.75) is 33.7 Å². The number of nitrogens with one attached hydrogen (secondary N) is 1. The molecule has 0 unspecified atom stereocenters. The molecule has 0 saturated carbocycles. The van der Waals surface area contributed by atoms with Gasteiger partial charge in [-0.1, -0.05) is 48.8 Å². The minimum absolute atomic E-state index is 0.620. The maximum Gasteiger partial charge on any atom is 0.240 e. The van der Waals surface area contributed by atoms with E-state index < -0.39 is 0 Å². The molecule has 4 nitrogen and oxygen atoms in total. The zero-order valence-corrected chi connectivity index (χ0v) is 11.8. The van der Waals surface area contributed by atoms with E-state index in [9.17, 15) is 0 Å². The van der Waals surface area contributed by atoms with E-state index in [4.69, 9.17) is 4.52 Å². The van der Waals surface area contributed by atoms with Gasteiger partial charge < -0.3 is 9.84 Å². The van der Waals surface area contributed by atoms with Crippen LogP contribution >= 0.6 is 0 Å². The number of hydrogen-bond acceptors (Lipinski definition) is 4. The Morgan fingerprint density at radius 3 is 2.63 bits per heavy atom. The fraction of sp³-hybridized carbons (Fsp3) is 0.467. The number of hydrogen-bond donors (Lipinski definition) is 1. The first-order valence-electron chi connectivity index (χ1n) is 6.71. The van der Waals surface area contributed by atoms with Crippen molar-refractivity contribution in [2.24, 2.45) is 5.92 Å². The summed E-state index contributed by atoms with van der Waals surface area (Å²) in [5.41, 5.74) is 2.46. The van der Waals surface area contributed by atoms with Gasteiger partial charge in [-0.25, -0.2) is 0 Å². The average molecular weight is 259 g/mol. The van der Waals surface area contributed by atoms with E-state index in [1.54, 1.807) is 0 Å². The second-order valence-corrected chi connectivity index (χ2v) is 5.29. The summed E-state index contributed by atoms with van der Waals surface area (Å²) in [6.07, 6.45) is 0.716. The first-order chi connectivity index (χ1) is 9.13. The van der Waals surface area contributed by atoms with Crippen LogP contribution in [-0.2, 0) is 13.0 Å². The van der Waals surface area contributed by atoms with E-state index in [0.29, 0.717) is 24.8 Å². The average Bonchev–Trinajstić information content (AvgIpc) is 2.79. The highest BCUT2D eigenvalue weighted by Crippen LogP contribution is 2.08. The third kappa shape index (κ3) is 4.48. The Kier molecular flexibility index (Phi) is 4.68. The molecule has 0 amide bonds. The van der Waals surface area contributed by atoms with Crippen LogP contribution in [0.3, 0.4) is 0 Å². The minimum atomic E-state index is 0.620. The lowest BCUT2D eigenvalue weighted by Crippen LogP contribution is -2.19. The van der Waals surface area contributed by atoms with Crippen LogP contribution in [-0.4, -0.2) is 16.7 Å². The van der Waals surface area contributed by atoms with Crippen LogP contribution in [0.4, 0.5) is 0 Å². The summed E-state index contributed by atoms with van der Waals surface area (Å²) >= 11 is 0. The second kappa shape index (κ2) is 6.48. The lowest BCUT2D eigenvalue weighted by molar-refractivity contribution is 0.360. The maximum atomic E-state index is 5.22. The lowest BCUT2D eigenvalue weighted by Gasteiger charge is -2.03. The van der Waals surface area contributed by atoms with Crippen LogP contribution in [0.25, 0.3) is 0 Å². The first kappa shape index (κ1) is 13.7. The van der Waals surface area contributed by atoms with Crippen LogP contribution < -0.4 is 5.32 Å². The van der Waals surface area contributed by atoms with Gasteiger partial charge in [-0.3, -0.25) is 0 Å². The minimum Gasteiger partial charge on any atom is -0.338 e. The summed E-state index contributed by atoms with van der Waals surface area (Å²) in [5, 5.41) is 7.30. The van der Waals surface area contributed by atoms with E-state index in [-0.39, 0.29) is 0 Å². The lowest BCUT2D eigenvalue weighted by atomic mass is 10.1. The molecule has 0 atom stereocenters. The molecule has 0 aliphatic rings. The molecule has 19 heavy (non-hydrogen) atoms. The van der Waals surface area contributed by atoms with E-state index in [2.05, 4.69) is 60.5 Å². The molecule has 102 valence electrons. The van der Waals surface area contributed by atoms with Gasteiger partial charge in [0.15, 0.2) is 5.82 Å². The van der Waals surface area contributed by atoms with Crippen LogP contribution in [0.2, 0.25) is 0 Å². The molecule has 2 aromatic rings.